The predicted molar refractivity (Wildman–Crippen MR) is 96.8 cm³/mol. The fraction of sp³-hybridized carbons (Fsp3) is 0.316. The molecule has 0 spiro atoms. The molecule has 1 aliphatic heterocycles. The molecule has 3 N–H and O–H groups in total. The van der Waals surface area contributed by atoms with E-state index in [1.54, 1.807) is 0 Å². The van der Waals surface area contributed by atoms with E-state index >= 15 is 0 Å². The third-order valence-electron chi connectivity index (χ3n) is 4.33. The van der Waals surface area contributed by atoms with Crippen molar-refractivity contribution in [3.63, 3.8) is 0 Å². The maximum absolute atomic E-state index is 12.3. The zero-order valence-corrected chi connectivity index (χ0v) is 14.4. The Morgan fingerprint density at radius 1 is 1.17 bits per heavy atom. The smallest absolute Gasteiger partial charge is 0.238 e. The van der Waals surface area contributed by atoms with Gasteiger partial charge in [-0.3, -0.25) is 4.79 Å². The summed E-state index contributed by atoms with van der Waals surface area (Å²) >= 11 is 6.23. The lowest BCUT2D eigenvalue weighted by Gasteiger charge is -2.12. The van der Waals surface area contributed by atoms with Crippen LogP contribution in [0.2, 0.25) is 5.02 Å². The molecule has 0 aromatic heterocycles. The summed E-state index contributed by atoms with van der Waals surface area (Å²) in [5.41, 5.74) is 9.72. The number of hydrogen-bond donors (Lipinski definition) is 3. The topological polar surface area (TPSA) is 53.2 Å². The Balaban J connectivity index is 1.48. The summed E-state index contributed by atoms with van der Waals surface area (Å²) in [5.74, 6) is 0.0177. The second-order valence-electron chi connectivity index (χ2n) is 6.18. The van der Waals surface area contributed by atoms with Crippen LogP contribution in [-0.4, -0.2) is 18.5 Å². The highest BCUT2D eigenvalue weighted by Crippen LogP contribution is 2.28. The van der Waals surface area contributed by atoms with E-state index in [1.807, 2.05) is 24.3 Å². The van der Waals surface area contributed by atoms with Crippen molar-refractivity contribution < 1.29 is 4.79 Å². The molecule has 2 aromatic rings. The molecule has 0 aliphatic carbocycles. The standard InChI is InChI=1S/C19H22ClN3O/c1-13-6-8-14(9-7-13)10-11-21-19(24)18-12-17(22-23-18)15-4-2-3-5-16(15)20/h2-9,17-18,22-23H,10-12H2,1H3,(H,21,24). The van der Waals surface area contributed by atoms with Crippen LogP contribution in [0.4, 0.5) is 0 Å². The van der Waals surface area contributed by atoms with Crippen LogP contribution in [0.25, 0.3) is 0 Å². The van der Waals surface area contributed by atoms with Gasteiger partial charge in [0.2, 0.25) is 5.91 Å². The van der Waals surface area contributed by atoms with Crippen LogP contribution in [0.15, 0.2) is 48.5 Å². The number of hydrazine groups is 1. The van der Waals surface area contributed by atoms with Gasteiger partial charge in [-0.25, -0.2) is 10.9 Å². The zero-order chi connectivity index (χ0) is 16.9. The van der Waals surface area contributed by atoms with Gasteiger partial charge in [-0.2, -0.15) is 0 Å². The Hall–Kier alpha value is -1.88. The quantitative estimate of drug-likeness (QED) is 0.782. The van der Waals surface area contributed by atoms with Gasteiger partial charge in [0, 0.05) is 17.6 Å². The molecule has 1 fully saturated rings. The lowest BCUT2D eigenvalue weighted by atomic mass is 10.0. The maximum Gasteiger partial charge on any atom is 0.238 e. The molecule has 2 aromatic carbocycles. The minimum atomic E-state index is -0.246. The summed E-state index contributed by atoms with van der Waals surface area (Å²) in [6.07, 6.45) is 1.51. The molecule has 2 atom stereocenters. The molecular formula is C19H22ClN3O. The first-order valence-corrected chi connectivity index (χ1v) is 8.60. The molecule has 0 saturated carbocycles. The Labute approximate surface area is 147 Å². The second-order valence-corrected chi connectivity index (χ2v) is 6.58. The van der Waals surface area contributed by atoms with Gasteiger partial charge >= 0.3 is 0 Å². The number of nitrogens with one attached hydrogen (secondary N) is 3. The van der Waals surface area contributed by atoms with E-state index < -0.39 is 0 Å². The van der Waals surface area contributed by atoms with Gasteiger partial charge < -0.3 is 5.32 Å². The Bertz CT molecular complexity index is 702. The van der Waals surface area contributed by atoms with Gasteiger partial charge in [-0.1, -0.05) is 59.6 Å². The van der Waals surface area contributed by atoms with Crippen LogP contribution in [-0.2, 0) is 11.2 Å². The Morgan fingerprint density at radius 3 is 2.67 bits per heavy atom. The minimum Gasteiger partial charge on any atom is -0.354 e. The molecule has 1 amide bonds. The number of carbonyl (C=O) groups is 1. The van der Waals surface area contributed by atoms with E-state index in [0.717, 1.165) is 17.0 Å². The molecule has 1 saturated heterocycles. The van der Waals surface area contributed by atoms with Gasteiger partial charge in [0.05, 0.1) is 0 Å². The van der Waals surface area contributed by atoms with Crippen LogP contribution >= 0.6 is 11.6 Å². The molecule has 126 valence electrons. The summed E-state index contributed by atoms with van der Waals surface area (Å²) in [6, 6.07) is 15.9. The highest BCUT2D eigenvalue weighted by molar-refractivity contribution is 6.31. The van der Waals surface area contributed by atoms with Crippen molar-refractivity contribution in [1.29, 1.82) is 0 Å². The van der Waals surface area contributed by atoms with Gasteiger partial charge in [0.15, 0.2) is 0 Å². The van der Waals surface area contributed by atoms with E-state index in [2.05, 4.69) is 47.4 Å². The van der Waals surface area contributed by atoms with E-state index in [0.29, 0.717) is 13.0 Å². The number of halogens is 1. The SMILES string of the molecule is Cc1ccc(CCNC(=O)C2CC(c3ccccc3Cl)NN2)cc1. The summed E-state index contributed by atoms with van der Waals surface area (Å²) < 4.78 is 0. The molecule has 24 heavy (non-hydrogen) atoms. The Kier molecular flexibility index (Phi) is 5.51. The zero-order valence-electron chi connectivity index (χ0n) is 13.7. The lowest BCUT2D eigenvalue weighted by Crippen LogP contribution is -2.43. The highest BCUT2D eigenvalue weighted by atomic mass is 35.5. The van der Waals surface area contributed by atoms with E-state index in [9.17, 15) is 4.79 Å². The predicted octanol–water partition coefficient (Wildman–Crippen LogP) is 2.91. The van der Waals surface area contributed by atoms with Crippen molar-refractivity contribution in [2.24, 2.45) is 0 Å². The minimum absolute atomic E-state index is 0.0177. The average molecular weight is 344 g/mol. The summed E-state index contributed by atoms with van der Waals surface area (Å²) in [7, 11) is 0. The number of amides is 1. The van der Waals surface area contributed by atoms with Crippen molar-refractivity contribution in [2.45, 2.75) is 31.8 Å². The fourth-order valence-electron chi connectivity index (χ4n) is 2.90. The van der Waals surface area contributed by atoms with Crippen LogP contribution in [0, 0.1) is 6.92 Å². The van der Waals surface area contributed by atoms with Crippen LogP contribution in [0.3, 0.4) is 0 Å². The van der Waals surface area contributed by atoms with Gasteiger partial charge in [0.25, 0.3) is 0 Å². The van der Waals surface area contributed by atoms with Gasteiger partial charge in [-0.15, -0.1) is 0 Å². The summed E-state index contributed by atoms with van der Waals surface area (Å²) in [5, 5.41) is 3.72. The van der Waals surface area contributed by atoms with Crippen molar-refractivity contribution in [2.75, 3.05) is 6.54 Å². The van der Waals surface area contributed by atoms with Crippen LogP contribution in [0.1, 0.15) is 29.2 Å². The normalized spacial score (nSPS) is 20.1. The van der Waals surface area contributed by atoms with E-state index in [1.165, 1.54) is 11.1 Å². The van der Waals surface area contributed by atoms with Crippen molar-refractivity contribution >= 4 is 17.5 Å². The van der Waals surface area contributed by atoms with Crippen molar-refractivity contribution in [3.05, 3.63) is 70.2 Å². The molecule has 4 nitrogen and oxygen atoms in total. The van der Waals surface area contributed by atoms with Crippen LogP contribution < -0.4 is 16.2 Å². The summed E-state index contributed by atoms with van der Waals surface area (Å²) in [4.78, 5) is 12.3. The number of aryl methyl sites for hydroxylation is 1. The number of rotatable bonds is 5. The van der Waals surface area contributed by atoms with Crippen LogP contribution in [0.5, 0.6) is 0 Å². The average Bonchev–Trinajstić information content (AvgIpc) is 3.07. The van der Waals surface area contributed by atoms with Crippen molar-refractivity contribution in [1.82, 2.24) is 16.2 Å². The monoisotopic (exact) mass is 343 g/mol. The number of benzene rings is 2. The highest BCUT2D eigenvalue weighted by Gasteiger charge is 2.30. The molecule has 1 heterocycles. The summed E-state index contributed by atoms with van der Waals surface area (Å²) in [6.45, 7) is 2.70. The third-order valence-corrected chi connectivity index (χ3v) is 4.68. The molecular weight excluding hydrogens is 322 g/mol. The van der Waals surface area contributed by atoms with Gasteiger partial charge in [0.1, 0.15) is 6.04 Å². The first-order chi connectivity index (χ1) is 11.6. The molecule has 1 aliphatic rings. The third kappa shape index (κ3) is 4.15. The molecule has 0 bridgehead atoms. The maximum atomic E-state index is 12.3. The fourth-order valence-corrected chi connectivity index (χ4v) is 3.17. The molecule has 0 radical (unpaired) electrons. The number of carbonyl (C=O) groups excluding carboxylic acids is 1. The molecule has 2 unspecified atom stereocenters. The van der Waals surface area contributed by atoms with Crippen molar-refractivity contribution in [3.8, 4) is 0 Å². The largest absolute Gasteiger partial charge is 0.354 e. The lowest BCUT2D eigenvalue weighted by molar-refractivity contribution is -0.122. The molecule has 3 rings (SSSR count). The first kappa shape index (κ1) is 17.0. The number of hydrogen-bond acceptors (Lipinski definition) is 3. The van der Waals surface area contributed by atoms with E-state index in [-0.39, 0.29) is 18.0 Å². The molecule has 5 heteroatoms. The Morgan fingerprint density at radius 2 is 1.92 bits per heavy atom. The first-order valence-electron chi connectivity index (χ1n) is 8.22. The second kappa shape index (κ2) is 7.79. The van der Waals surface area contributed by atoms with E-state index in [4.69, 9.17) is 11.6 Å². The van der Waals surface area contributed by atoms with Gasteiger partial charge in [-0.05, 0) is 37.0 Å².